The topological polar surface area (TPSA) is 58.9 Å². The van der Waals surface area contributed by atoms with Gasteiger partial charge in [-0.25, -0.2) is 0 Å². The lowest BCUT2D eigenvalue weighted by molar-refractivity contribution is 0.101. The van der Waals surface area contributed by atoms with Gasteiger partial charge in [-0.2, -0.15) is 0 Å². The van der Waals surface area contributed by atoms with Gasteiger partial charge in [0.15, 0.2) is 5.78 Å². The van der Waals surface area contributed by atoms with Crippen LogP contribution < -0.4 is 5.73 Å². The molecule has 2 aromatic carbocycles. The van der Waals surface area contributed by atoms with Gasteiger partial charge in [-0.05, 0) is 44.4 Å². The summed E-state index contributed by atoms with van der Waals surface area (Å²) in [4.78, 5) is 15.0. The minimum atomic E-state index is -0.250. The van der Waals surface area contributed by atoms with Crippen LogP contribution in [0.5, 0.6) is 0 Å². The fraction of sp³-hybridized carbons (Fsp3) is 0.250. The zero-order chi connectivity index (χ0) is 16.6. The number of carbonyl (C=O) groups excluding carboxylic acids is 1. The third-order valence-corrected chi connectivity index (χ3v) is 4.03. The standard InChI is InChI=1S/C20H22N2O/c1-13(23)14-6-4-7-15(10-14)17-8-5-9-18-16(11-20(2,3)21)12-22-19(17)18/h4-10,12,22H,11,21H2,1-3H3. The third kappa shape index (κ3) is 3.20. The number of rotatable bonds is 4. The zero-order valence-corrected chi connectivity index (χ0v) is 13.8. The summed E-state index contributed by atoms with van der Waals surface area (Å²) >= 11 is 0. The number of nitrogens with two attached hydrogens (primary N) is 1. The number of para-hydroxylation sites is 1. The highest BCUT2D eigenvalue weighted by Crippen LogP contribution is 2.31. The number of fused-ring (bicyclic) bond motifs is 1. The molecular weight excluding hydrogens is 284 g/mol. The summed E-state index contributed by atoms with van der Waals surface area (Å²) in [6, 6.07) is 14.0. The monoisotopic (exact) mass is 306 g/mol. The van der Waals surface area contributed by atoms with E-state index in [0.717, 1.165) is 28.6 Å². The minimum absolute atomic E-state index is 0.0797. The molecule has 1 aromatic heterocycles. The maximum absolute atomic E-state index is 11.6. The number of ketones is 1. The molecule has 3 rings (SSSR count). The highest BCUT2D eigenvalue weighted by atomic mass is 16.1. The van der Waals surface area contributed by atoms with Crippen LogP contribution in [0.1, 0.15) is 36.7 Å². The number of benzene rings is 2. The van der Waals surface area contributed by atoms with Crippen molar-refractivity contribution in [2.24, 2.45) is 5.73 Å². The number of carbonyl (C=O) groups is 1. The van der Waals surface area contributed by atoms with Crippen molar-refractivity contribution < 1.29 is 4.79 Å². The molecule has 0 aliphatic carbocycles. The number of nitrogens with one attached hydrogen (secondary N) is 1. The Morgan fingerprint density at radius 2 is 1.91 bits per heavy atom. The first-order valence-electron chi connectivity index (χ1n) is 7.84. The Morgan fingerprint density at radius 3 is 2.61 bits per heavy atom. The molecule has 0 amide bonds. The van der Waals surface area contributed by atoms with Crippen LogP contribution in [0.4, 0.5) is 0 Å². The van der Waals surface area contributed by atoms with E-state index >= 15 is 0 Å². The van der Waals surface area contributed by atoms with Gasteiger partial charge in [0.05, 0.1) is 5.52 Å². The first-order valence-corrected chi connectivity index (χ1v) is 7.84. The lowest BCUT2D eigenvalue weighted by atomic mass is 9.94. The minimum Gasteiger partial charge on any atom is -0.360 e. The van der Waals surface area contributed by atoms with Gasteiger partial charge < -0.3 is 10.7 Å². The van der Waals surface area contributed by atoms with Crippen molar-refractivity contribution in [3.8, 4) is 11.1 Å². The summed E-state index contributed by atoms with van der Waals surface area (Å²) in [5.41, 5.74) is 11.1. The second kappa shape index (κ2) is 5.67. The number of Topliss-reactive ketones (excluding diaryl/α,β-unsaturated/α-hetero) is 1. The molecule has 0 unspecified atom stereocenters. The van der Waals surface area contributed by atoms with Crippen molar-refractivity contribution in [3.63, 3.8) is 0 Å². The Morgan fingerprint density at radius 1 is 1.17 bits per heavy atom. The van der Waals surface area contributed by atoms with Crippen molar-refractivity contribution >= 4 is 16.7 Å². The maximum atomic E-state index is 11.6. The van der Waals surface area contributed by atoms with E-state index in [2.05, 4.69) is 23.2 Å². The zero-order valence-electron chi connectivity index (χ0n) is 13.8. The number of aromatic nitrogens is 1. The first-order chi connectivity index (χ1) is 10.8. The summed E-state index contributed by atoms with van der Waals surface area (Å²) in [6.07, 6.45) is 2.85. The predicted octanol–water partition coefficient (Wildman–Crippen LogP) is 4.32. The van der Waals surface area contributed by atoms with Crippen LogP contribution in [0.2, 0.25) is 0 Å². The summed E-state index contributed by atoms with van der Waals surface area (Å²) < 4.78 is 0. The van der Waals surface area contributed by atoms with E-state index in [1.165, 1.54) is 10.9 Å². The van der Waals surface area contributed by atoms with Crippen molar-refractivity contribution in [1.82, 2.24) is 4.98 Å². The average Bonchev–Trinajstić information content (AvgIpc) is 2.88. The van der Waals surface area contributed by atoms with Gasteiger partial charge >= 0.3 is 0 Å². The van der Waals surface area contributed by atoms with Crippen molar-refractivity contribution in [2.75, 3.05) is 0 Å². The highest BCUT2D eigenvalue weighted by Gasteiger charge is 2.16. The second-order valence-electron chi connectivity index (χ2n) is 6.84. The number of H-pyrrole nitrogens is 1. The molecule has 0 aliphatic rings. The van der Waals surface area contributed by atoms with Crippen LogP contribution in [0.25, 0.3) is 22.0 Å². The van der Waals surface area contributed by atoms with E-state index in [1.807, 2.05) is 44.3 Å². The molecule has 0 saturated heterocycles. The molecule has 3 heteroatoms. The Kier molecular flexibility index (Phi) is 3.82. The quantitative estimate of drug-likeness (QED) is 0.705. The van der Waals surface area contributed by atoms with E-state index in [4.69, 9.17) is 5.73 Å². The van der Waals surface area contributed by atoms with Gasteiger partial charge in [0.1, 0.15) is 0 Å². The van der Waals surface area contributed by atoms with Gasteiger partial charge in [-0.15, -0.1) is 0 Å². The van der Waals surface area contributed by atoms with Crippen molar-refractivity contribution in [1.29, 1.82) is 0 Å². The Hall–Kier alpha value is -2.39. The molecule has 0 fully saturated rings. The van der Waals surface area contributed by atoms with Gasteiger partial charge in [0.2, 0.25) is 0 Å². The van der Waals surface area contributed by atoms with Gasteiger partial charge in [-0.3, -0.25) is 4.79 Å². The molecule has 0 spiro atoms. The predicted molar refractivity (Wildman–Crippen MR) is 95.7 cm³/mol. The Balaban J connectivity index is 2.12. The van der Waals surface area contributed by atoms with Crippen LogP contribution in [-0.2, 0) is 6.42 Å². The fourth-order valence-corrected chi connectivity index (χ4v) is 3.00. The summed E-state index contributed by atoms with van der Waals surface area (Å²) in [5.74, 6) is 0.0797. The first kappa shape index (κ1) is 15.5. The van der Waals surface area contributed by atoms with Crippen LogP contribution in [0.3, 0.4) is 0 Å². The number of hydrogen-bond donors (Lipinski definition) is 2. The number of aromatic amines is 1. The van der Waals surface area contributed by atoms with E-state index in [9.17, 15) is 4.79 Å². The molecule has 3 nitrogen and oxygen atoms in total. The summed E-state index contributed by atoms with van der Waals surface area (Å²) in [7, 11) is 0. The van der Waals surface area contributed by atoms with Crippen LogP contribution in [-0.4, -0.2) is 16.3 Å². The van der Waals surface area contributed by atoms with Crippen molar-refractivity contribution in [2.45, 2.75) is 32.7 Å². The van der Waals surface area contributed by atoms with E-state index in [-0.39, 0.29) is 11.3 Å². The molecule has 0 radical (unpaired) electrons. The number of hydrogen-bond acceptors (Lipinski definition) is 2. The largest absolute Gasteiger partial charge is 0.360 e. The van der Waals surface area contributed by atoms with E-state index < -0.39 is 0 Å². The normalized spacial score (nSPS) is 11.8. The van der Waals surface area contributed by atoms with E-state index in [0.29, 0.717) is 0 Å². The second-order valence-corrected chi connectivity index (χ2v) is 6.84. The highest BCUT2D eigenvalue weighted by molar-refractivity contribution is 5.99. The smallest absolute Gasteiger partial charge is 0.159 e. The lowest BCUT2D eigenvalue weighted by Crippen LogP contribution is -2.34. The molecule has 0 aliphatic heterocycles. The van der Waals surface area contributed by atoms with Crippen molar-refractivity contribution in [3.05, 3.63) is 59.8 Å². The van der Waals surface area contributed by atoms with Crippen LogP contribution >= 0.6 is 0 Å². The summed E-state index contributed by atoms with van der Waals surface area (Å²) in [6.45, 7) is 5.66. The van der Waals surface area contributed by atoms with E-state index in [1.54, 1.807) is 6.92 Å². The fourth-order valence-electron chi connectivity index (χ4n) is 3.00. The Bertz CT molecular complexity index is 869. The molecule has 3 aromatic rings. The molecule has 118 valence electrons. The summed E-state index contributed by atoms with van der Waals surface area (Å²) in [5, 5.41) is 1.19. The SMILES string of the molecule is CC(=O)c1cccc(-c2cccc3c(CC(C)(C)N)c[nH]c23)c1. The lowest BCUT2D eigenvalue weighted by Gasteiger charge is -2.17. The molecule has 0 bridgehead atoms. The Labute approximate surface area is 136 Å². The molecule has 0 atom stereocenters. The van der Waals surface area contributed by atoms with Crippen LogP contribution in [0, 0.1) is 0 Å². The molecule has 3 N–H and O–H groups in total. The molecule has 0 saturated carbocycles. The van der Waals surface area contributed by atoms with Gasteiger partial charge in [0, 0.05) is 28.2 Å². The van der Waals surface area contributed by atoms with Crippen LogP contribution in [0.15, 0.2) is 48.7 Å². The molecule has 1 heterocycles. The van der Waals surface area contributed by atoms with Gasteiger partial charge in [0.25, 0.3) is 0 Å². The van der Waals surface area contributed by atoms with Gasteiger partial charge in [-0.1, -0.05) is 36.4 Å². The molecule has 23 heavy (non-hydrogen) atoms. The molecular formula is C20H22N2O. The third-order valence-electron chi connectivity index (χ3n) is 4.03. The maximum Gasteiger partial charge on any atom is 0.159 e. The average molecular weight is 306 g/mol.